The first-order valence-corrected chi connectivity index (χ1v) is 9.99. The van der Waals surface area contributed by atoms with Crippen LogP contribution < -0.4 is 0 Å². The minimum atomic E-state index is -0.985. The first-order valence-electron chi connectivity index (χ1n) is 9.99. The second-order valence-electron chi connectivity index (χ2n) is 8.25. The van der Waals surface area contributed by atoms with Crippen LogP contribution in [0.25, 0.3) is 5.69 Å². The van der Waals surface area contributed by atoms with E-state index in [1.54, 1.807) is 24.4 Å². The Bertz CT molecular complexity index is 1130. The normalized spacial score (nSPS) is 26.9. The molecule has 0 spiro atoms. The number of carboxylic acid groups (broad SMARTS) is 1. The predicted molar refractivity (Wildman–Crippen MR) is 109 cm³/mol. The molecule has 30 heavy (non-hydrogen) atoms. The summed E-state index contributed by atoms with van der Waals surface area (Å²) in [6.07, 6.45) is 6.55. The number of carboxylic acids is 1. The van der Waals surface area contributed by atoms with Crippen LogP contribution in [-0.4, -0.2) is 38.7 Å². The van der Waals surface area contributed by atoms with Crippen LogP contribution in [0, 0.1) is 37.5 Å². The van der Waals surface area contributed by atoms with Gasteiger partial charge in [-0.15, -0.1) is 0 Å². The highest BCUT2D eigenvalue weighted by Crippen LogP contribution is 2.52. The molecule has 1 saturated heterocycles. The molecule has 1 N–H and O–H groups in total. The van der Waals surface area contributed by atoms with E-state index in [9.17, 15) is 19.5 Å². The first kappa shape index (κ1) is 18.5. The number of hydrogen-bond acceptors (Lipinski definition) is 4. The number of aromatic carboxylic acids is 1. The second kappa shape index (κ2) is 6.52. The molecular weight excluding hydrogens is 382 g/mol. The summed E-state index contributed by atoms with van der Waals surface area (Å²) >= 11 is 0. The first-order chi connectivity index (χ1) is 14.4. The van der Waals surface area contributed by atoms with Crippen molar-refractivity contribution in [3.63, 3.8) is 0 Å². The van der Waals surface area contributed by atoms with Gasteiger partial charge in [-0.25, -0.2) is 4.79 Å². The molecule has 2 aromatic rings. The number of benzene rings is 1. The molecule has 7 heteroatoms. The standard InChI is InChI=1S/C23H21N3O4/c1-12-8-17(13(2)25(12)18-5-3-4-16(10-18)23(29)30)11-24-26-21(27)19-14-6-7-15(9-14)20(19)22(26)28/h3-8,10-11,14-15,19-20H,9H2,1-2H3,(H,29,30)/t14-,15-,19-,20+/m0/s1. The van der Waals surface area contributed by atoms with E-state index in [2.05, 4.69) is 17.3 Å². The molecule has 2 bridgehead atoms. The molecule has 1 aliphatic heterocycles. The van der Waals surface area contributed by atoms with Gasteiger partial charge in [-0.2, -0.15) is 10.1 Å². The molecule has 2 amide bonds. The quantitative estimate of drug-likeness (QED) is 0.483. The lowest BCUT2D eigenvalue weighted by atomic mass is 9.85. The van der Waals surface area contributed by atoms with Gasteiger partial charge in [0.25, 0.3) is 11.8 Å². The molecule has 0 radical (unpaired) electrons. The molecule has 7 nitrogen and oxygen atoms in total. The Morgan fingerprint density at radius 3 is 2.40 bits per heavy atom. The fraction of sp³-hybridized carbons (Fsp3) is 0.304. The third-order valence-corrected chi connectivity index (χ3v) is 6.58. The summed E-state index contributed by atoms with van der Waals surface area (Å²) in [7, 11) is 0. The molecule has 2 heterocycles. The van der Waals surface area contributed by atoms with E-state index in [0.29, 0.717) is 0 Å². The number of rotatable bonds is 4. The third-order valence-electron chi connectivity index (χ3n) is 6.58. The Kier molecular flexibility index (Phi) is 4.03. The molecule has 2 aliphatic carbocycles. The maximum Gasteiger partial charge on any atom is 0.335 e. The summed E-state index contributed by atoms with van der Waals surface area (Å²) in [5, 5.41) is 14.6. The molecule has 5 rings (SSSR count). The minimum absolute atomic E-state index is 0.156. The number of nitrogens with zero attached hydrogens (tertiary/aromatic N) is 3. The molecule has 1 saturated carbocycles. The van der Waals surface area contributed by atoms with Gasteiger partial charge in [-0.3, -0.25) is 9.59 Å². The van der Waals surface area contributed by atoms with Crippen LogP contribution in [0.1, 0.15) is 33.7 Å². The van der Waals surface area contributed by atoms with Crippen molar-refractivity contribution in [2.45, 2.75) is 20.3 Å². The Morgan fingerprint density at radius 2 is 1.77 bits per heavy atom. The van der Waals surface area contributed by atoms with E-state index in [1.807, 2.05) is 30.5 Å². The smallest absolute Gasteiger partial charge is 0.335 e. The fourth-order valence-corrected chi connectivity index (χ4v) is 5.21. The molecule has 0 unspecified atom stereocenters. The maximum atomic E-state index is 12.8. The Balaban J connectivity index is 1.44. The van der Waals surface area contributed by atoms with Crippen LogP contribution in [0.4, 0.5) is 0 Å². The number of fused-ring (bicyclic) bond motifs is 5. The summed E-state index contributed by atoms with van der Waals surface area (Å²) in [4.78, 5) is 36.9. The molecule has 1 aromatic heterocycles. The lowest BCUT2D eigenvalue weighted by Gasteiger charge is -2.13. The maximum absolute atomic E-state index is 12.8. The lowest BCUT2D eigenvalue weighted by Crippen LogP contribution is -2.28. The predicted octanol–water partition coefficient (Wildman–Crippen LogP) is 2.93. The van der Waals surface area contributed by atoms with Crippen molar-refractivity contribution in [3.05, 3.63) is 65.0 Å². The number of allylic oxidation sites excluding steroid dienone is 2. The number of amides is 2. The van der Waals surface area contributed by atoms with Gasteiger partial charge >= 0.3 is 5.97 Å². The van der Waals surface area contributed by atoms with E-state index in [-0.39, 0.29) is 41.0 Å². The largest absolute Gasteiger partial charge is 0.478 e. The van der Waals surface area contributed by atoms with Gasteiger partial charge in [0.15, 0.2) is 0 Å². The number of imide groups is 1. The van der Waals surface area contributed by atoms with Crippen LogP contribution >= 0.6 is 0 Å². The van der Waals surface area contributed by atoms with Gasteiger partial charge < -0.3 is 9.67 Å². The number of carbonyl (C=O) groups excluding carboxylic acids is 2. The Labute approximate surface area is 173 Å². The van der Waals surface area contributed by atoms with Crippen molar-refractivity contribution in [2.75, 3.05) is 0 Å². The van der Waals surface area contributed by atoms with Crippen LogP contribution in [0.3, 0.4) is 0 Å². The molecule has 1 aromatic carbocycles. The van der Waals surface area contributed by atoms with E-state index >= 15 is 0 Å². The van der Waals surface area contributed by atoms with Crippen LogP contribution in [0.15, 0.2) is 47.6 Å². The van der Waals surface area contributed by atoms with E-state index < -0.39 is 5.97 Å². The SMILES string of the molecule is Cc1cc(C=NN2C(=O)[C@@H]3[C@H](C2=O)[C@H]2C=C[C@H]3C2)c(C)n1-c1cccc(C(=O)O)c1. The van der Waals surface area contributed by atoms with E-state index in [1.165, 1.54) is 0 Å². The Hall–Kier alpha value is -3.48. The number of hydrogen-bond donors (Lipinski definition) is 1. The van der Waals surface area contributed by atoms with Gasteiger partial charge in [-0.1, -0.05) is 18.2 Å². The summed E-state index contributed by atoms with van der Waals surface area (Å²) in [5.74, 6) is -1.62. The molecule has 4 atom stereocenters. The van der Waals surface area contributed by atoms with Crippen LogP contribution in [-0.2, 0) is 9.59 Å². The topological polar surface area (TPSA) is 92.0 Å². The zero-order valence-corrected chi connectivity index (χ0v) is 16.6. The summed E-state index contributed by atoms with van der Waals surface area (Å²) in [5.41, 5.74) is 3.45. The molecule has 152 valence electrons. The number of hydrazone groups is 1. The fourth-order valence-electron chi connectivity index (χ4n) is 5.21. The molecular formula is C23H21N3O4. The molecule has 2 fully saturated rings. The highest BCUT2D eigenvalue weighted by molar-refractivity contribution is 6.06. The van der Waals surface area contributed by atoms with Gasteiger partial charge in [-0.05, 0) is 56.4 Å². The summed E-state index contributed by atoms with van der Waals surface area (Å²) in [6.45, 7) is 3.81. The van der Waals surface area contributed by atoms with Crippen molar-refractivity contribution in [1.29, 1.82) is 0 Å². The van der Waals surface area contributed by atoms with E-state index in [0.717, 1.165) is 34.1 Å². The zero-order chi connectivity index (χ0) is 21.2. The third kappa shape index (κ3) is 2.58. The lowest BCUT2D eigenvalue weighted by molar-refractivity contribution is -0.140. The van der Waals surface area contributed by atoms with Gasteiger partial charge in [0.2, 0.25) is 0 Å². The Morgan fingerprint density at radius 1 is 1.10 bits per heavy atom. The van der Waals surface area contributed by atoms with Crippen LogP contribution in [0.5, 0.6) is 0 Å². The van der Waals surface area contributed by atoms with Gasteiger partial charge in [0, 0.05) is 22.6 Å². The monoisotopic (exact) mass is 403 g/mol. The van der Waals surface area contributed by atoms with Crippen molar-refractivity contribution in [3.8, 4) is 5.69 Å². The number of carbonyl (C=O) groups is 3. The number of aryl methyl sites for hydroxylation is 1. The second-order valence-corrected chi connectivity index (χ2v) is 8.25. The van der Waals surface area contributed by atoms with Crippen molar-refractivity contribution in [1.82, 2.24) is 9.58 Å². The highest BCUT2D eigenvalue weighted by atomic mass is 16.4. The van der Waals surface area contributed by atoms with Crippen LogP contribution in [0.2, 0.25) is 0 Å². The van der Waals surface area contributed by atoms with Gasteiger partial charge in [0.1, 0.15) is 0 Å². The summed E-state index contributed by atoms with van der Waals surface area (Å²) in [6, 6.07) is 8.61. The average Bonchev–Trinajstić information content (AvgIpc) is 3.45. The minimum Gasteiger partial charge on any atom is -0.478 e. The molecule has 3 aliphatic rings. The van der Waals surface area contributed by atoms with Crippen molar-refractivity contribution in [2.24, 2.45) is 28.8 Å². The average molecular weight is 403 g/mol. The van der Waals surface area contributed by atoms with Crippen molar-refractivity contribution >= 4 is 24.0 Å². The summed E-state index contributed by atoms with van der Waals surface area (Å²) < 4.78 is 1.93. The van der Waals surface area contributed by atoms with Crippen molar-refractivity contribution < 1.29 is 19.5 Å². The highest BCUT2D eigenvalue weighted by Gasteiger charge is 2.59. The van der Waals surface area contributed by atoms with E-state index in [4.69, 9.17) is 0 Å². The zero-order valence-electron chi connectivity index (χ0n) is 16.6. The van der Waals surface area contributed by atoms with Gasteiger partial charge in [0.05, 0.1) is 23.6 Å². The number of aromatic nitrogens is 1.